The SMILES string of the molecule is CN[C@H](c1ccc(-c2nc(C(F)(F)F)cn2C)cc1)C(F)(F)F. The van der Waals surface area contributed by atoms with Crippen molar-refractivity contribution in [2.24, 2.45) is 7.05 Å². The zero-order chi connectivity index (χ0) is 17.4. The van der Waals surface area contributed by atoms with Crippen molar-refractivity contribution >= 4 is 0 Å². The molecule has 1 heterocycles. The van der Waals surface area contributed by atoms with Gasteiger partial charge in [-0.05, 0) is 12.6 Å². The topological polar surface area (TPSA) is 29.9 Å². The molecule has 0 saturated carbocycles. The number of benzene rings is 1. The van der Waals surface area contributed by atoms with Crippen LogP contribution in [0.3, 0.4) is 0 Å². The largest absolute Gasteiger partial charge is 0.434 e. The Balaban J connectivity index is 2.35. The van der Waals surface area contributed by atoms with Crippen molar-refractivity contribution < 1.29 is 26.3 Å². The van der Waals surface area contributed by atoms with Crippen molar-refractivity contribution in [3.05, 3.63) is 41.7 Å². The molecule has 23 heavy (non-hydrogen) atoms. The number of aryl methyl sites for hydroxylation is 1. The molecule has 3 nitrogen and oxygen atoms in total. The lowest BCUT2D eigenvalue weighted by Gasteiger charge is -2.20. The summed E-state index contributed by atoms with van der Waals surface area (Å²) in [4.78, 5) is 3.49. The van der Waals surface area contributed by atoms with Crippen LogP contribution in [0, 0.1) is 0 Å². The molecule has 0 saturated heterocycles. The van der Waals surface area contributed by atoms with Crippen LogP contribution >= 0.6 is 0 Å². The van der Waals surface area contributed by atoms with Crippen molar-refractivity contribution in [3.63, 3.8) is 0 Å². The second kappa shape index (κ2) is 5.88. The Morgan fingerprint density at radius 2 is 1.61 bits per heavy atom. The molecule has 0 unspecified atom stereocenters. The maximum Gasteiger partial charge on any atom is 0.434 e. The standard InChI is InChI=1S/C14H13F6N3/c1-21-11(14(18,19)20)8-3-5-9(6-4-8)12-22-10(7-23(12)2)13(15,16)17/h3-7,11,21H,1-2H3/t11-/m1/s1. The number of rotatable bonds is 3. The van der Waals surface area contributed by atoms with Gasteiger partial charge in [-0.1, -0.05) is 24.3 Å². The molecule has 2 rings (SSSR count). The van der Waals surface area contributed by atoms with Crippen LogP contribution in [0.4, 0.5) is 26.3 Å². The van der Waals surface area contributed by atoms with E-state index in [2.05, 4.69) is 10.3 Å². The average molecular weight is 337 g/mol. The monoisotopic (exact) mass is 337 g/mol. The van der Waals surface area contributed by atoms with Crippen molar-refractivity contribution in [2.45, 2.75) is 18.4 Å². The van der Waals surface area contributed by atoms with E-state index < -0.39 is 24.1 Å². The summed E-state index contributed by atoms with van der Waals surface area (Å²) in [5.41, 5.74) is -0.791. The highest BCUT2D eigenvalue weighted by atomic mass is 19.4. The van der Waals surface area contributed by atoms with E-state index in [-0.39, 0.29) is 11.4 Å². The highest BCUT2D eigenvalue weighted by Crippen LogP contribution is 2.34. The maximum absolute atomic E-state index is 12.8. The van der Waals surface area contributed by atoms with E-state index in [9.17, 15) is 26.3 Å². The number of aromatic nitrogens is 2. The Morgan fingerprint density at radius 1 is 1.04 bits per heavy atom. The Labute approximate surface area is 127 Å². The summed E-state index contributed by atoms with van der Waals surface area (Å²) in [6.45, 7) is 0. The van der Waals surface area contributed by atoms with Crippen LogP contribution in [0.5, 0.6) is 0 Å². The fourth-order valence-electron chi connectivity index (χ4n) is 2.22. The predicted octanol–water partition coefficient (Wildman–Crippen LogP) is 3.93. The van der Waals surface area contributed by atoms with Crippen molar-refractivity contribution in [1.82, 2.24) is 14.9 Å². The molecule has 1 aromatic carbocycles. The van der Waals surface area contributed by atoms with Gasteiger partial charge in [0.1, 0.15) is 11.9 Å². The van der Waals surface area contributed by atoms with Crippen LogP contribution in [0.25, 0.3) is 11.4 Å². The minimum absolute atomic E-state index is 0.0249. The molecule has 0 radical (unpaired) electrons. The molecular weight excluding hydrogens is 324 g/mol. The van der Waals surface area contributed by atoms with E-state index in [4.69, 9.17) is 0 Å². The summed E-state index contributed by atoms with van der Waals surface area (Å²) in [5, 5.41) is 2.16. The van der Waals surface area contributed by atoms with E-state index >= 15 is 0 Å². The summed E-state index contributed by atoms with van der Waals surface area (Å²) in [7, 11) is 2.57. The van der Waals surface area contributed by atoms with Crippen LogP contribution in [-0.4, -0.2) is 22.8 Å². The van der Waals surface area contributed by atoms with Crippen LogP contribution in [0.1, 0.15) is 17.3 Å². The molecule has 0 fully saturated rings. The predicted molar refractivity (Wildman–Crippen MR) is 71.5 cm³/mol. The minimum Gasteiger partial charge on any atom is -0.333 e. The molecular formula is C14H13F6N3. The van der Waals surface area contributed by atoms with Gasteiger partial charge in [0.2, 0.25) is 0 Å². The smallest absolute Gasteiger partial charge is 0.333 e. The number of hydrogen-bond donors (Lipinski definition) is 1. The van der Waals surface area contributed by atoms with E-state index in [1.54, 1.807) is 0 Å². The van der Waals surface area contributed by atoms with Gasteiger partial charge in [-0.15, -0.1) is 0 Å². The van der Waals surface area contributed by atoms with Gasteiger partial charge in [0.25, 0.3) is 0 Å². The second-order valence-corrected chi connectivity index (χ2v) is 4.94. The summed E-state index contributed by atoms with van der Waals surface area (Å²) in [5.74, 6) is 0.0249. The highest BCUT2D eigenvalue weighted by molar-refractivity contribution is 5.57. The Hall–Kier alpha value is -2.03. The third-order valence-electron chi connectivity index (χ3n) is 3.29. The number of imidazole rings is 1. The third-order valence-corrected chi connectivity index (χ3v) is 3.29. The Morgan fingerprint density at radius 3 is 2.00 bits per heavy atom. The first-order chi connectivity index (χ1) is 10.5. The van der Waals surface area contributed by atoms with Crippen molar-refractivity contribution in [3.8, 4) is 11.4 Å². The summed E-state index contributed by atoms with van der Waals surface area (Å²) >= 11 is 0. The van der Waals surface area contributed by atoms with E-state index in [0.717, 1.165) is 6.20 Å². The molecule has 0 aliphatic carbocycles. The minimum atomic E-state index is -4.58. The summed E-state index contributed by atoms with van der Waals surface area (Å²) in [6, 6.07) is 3.21. The molecule has 0 bridgehead atoms. The molecule has 1 atom stereocenters. The number of nitrogens with one attached hydrogen (secondary N) is 1. The summed E-state index contributed by atoms with van der Waals surface area (Å²) < 4.78 is 77.6. The van der Waals surface area contributed by atoms with Crippen molar-refractivity contribution in [1.29, 1.82) is 0 Å². The van der Waals surface area contributed by atoms with Gasteiger partial charge in [-0.25, -0.2) is 4.98 Å². The molecule has 0 amide bonds. The lowest BCUT2D eigenvalue weighted by Crippen LogP contribution is -2.31. The number of alkyl halides is 6. The average Bonchev–Trinajstić information content (AvgIpc) is 2.81. The van der Waals surface area contributed by atoms with Crippen molar-refractivity contribution in [2.75, 3.05) is 7.05 Å². The van der Waals surface area contributed by atoms with Gasteiger partial charge in [0.05, 0.1) is 0 Å². The van der Waals surface area contributed by atoms with Gasteiger partial charge in [0.15, 0.2) is 5.69 Å². The van der Waals surface area contributed by atoms with Gasteiger partial charge >= 0.3 is 12.4 Å². The first kappa shape index (κ1) is 17.3. The lowest BCUT2D eigenvalue weighted by molar-refractivity contribution is -0.156. The van der Waals surface area contributed by atoms with E-state index in [0.29, 0.717) is 5.56 Å². The quantitative estimate of drug-likeness (QED) is 0.860. The Kier molecular flexibility index (Phi) is 4.43. The first-order valence-corrected chi connectivity index (χ1v) is 6.49. The normalized spacial score (nSPS) is 14.1. The van der Waals surface area contributed by atoms with E-state index in [1.165, 1.54) is 42.9 Å². The number of halogens is 6. The molecule has 9 heteroatoms. The zero-order valence-corrected chi connectivity index (χ0v) is 12.1. The first-order valence-electron chi connectivity index (χ1n) is 6.49. The molecule has 1 N–H and O–H groups in total. The van der Waals surface area contributed by atoms with Crippen LogP contribution < -0.4 is 5.32 Å². The molecule has 0 aliphatic heterocycles. The Bertz CT molecular complexity index is 669. The molecule has 0 aliphatic rings. The maximum atomic E-state index is 12.8. The number of nitrogens with zero attached hydrogens (tertiary/aromatic N) is 2. The fourth-order valence-corrected chi connectivity index (χ4v) is 2.22. The van der Waals surface area contributed by atoms with Crippen LogP contribution in [-0.2, 0) is 13.2 Å². The molecule has 0 spiro atoms. The van der Waals surface area contributed by atoms with Crippen LogP contribution in [0.15, 0.2) is 30.5 Å². The number of hydrogen-bond acceptors (Lipinski definition) is 2. The fraction of sp³-hybridized carbons (Fsp3) is 0.357. The molecule has 126 valence electrons. The van der Waals surface area contributed by atoms with Gasteiger partial charge in [-0.2, -0.15) is 26.3 Å². The highest BCUT2D eigenvalue weighted by Gasteiger charge is 2.39. The zero-order valence-electron chi connectivity index (χ0n) is 12.1. The molecule has 1 aromatic heterocycles. The lowest BCUT2D eigenvalue weighted by atomic mass is 10.0. The van der Waals surface area contributed by atoms with Gasteiger partial charge in [-0.3, -0.25) is 0 Å². The van der Waals surface area contributed by atoms with Crippen LogP contribution in [0.2, 0.25) is 0 Å². The molecule has 2 aromatic rings. The van der Waals surface area contributed by atoms with E-state index in [1.807, 2.05) is 0 Å². The second-order valence-electron chi connectivity index (χ2n) is 4.94. The summed E-state index contributed by atoms with van der Waals surface area (Å²) in [6.07, 6.45) is -8.22. The van der Waals surface area contributed by atoms with Gasteiger partial charge < -0.3 is 9.88 Å². The third kappa shape index (κ3) is 3.66. The van der Waals surface area contributed by atoms with Gasteiger partial charge in [0, 0.05) is 18.8 Å².